The second kappa shape index (κ2) is 12.3. The Hall–Kier alpha value is -3.68. The first-order valence-corrected chi connectivity index (χ1v) is 15.1. The van der Waals surface area contributed by atoms with Crippen LogP contribution in [0.25, 0.3) is 0 Å². The third-order valence-corrected chi connectivity index (χ3v) is 9.01. The molecule has 6 N–H and O–H groups in total. The van der Waals surface area contributed by atoms with Crippen molar-refractivity contribution in [2.75, 3.05) is 7.11 Å². The molecule has 1 saturated heterocycles. The number of phenols is 1. The first-order valence-electron chi connectivity index (χ1n) is 15.1. The van der Waals surface area contributed by atoms with Crippen LogP contribution in [0.15, 0.2) is 24.3 Å². The number of hydrogen-bond donors (Lipinski definition) is 5. The van der Waals surface area contributed by atoms with Crippen molar-refractivity contribution in [3.05, 3.63) is 57.6 Å². The molecule has 1 amide bonds. The molecule has 45 heavy (non-hydrogen) atoms. The molecule has 1 unspecified atom stereocenters. The number of nitrogens with one attached hydrogen (secondary N) is 1. The standard InChI is InChI=1S/C33H40N2O10/c1-14(2)9-20(34)32(41)35-21-11-24(44-15(3)28(21)37)45-23-13-33(42,16(4)36)12-17-10-19-27(30(39)25(17)23)31(40)26-18(29(19)38)7-6-8-22(26)43-5/h6-8,10,14-15,20-21,23-24,28,37,39,42H,9,11-13,34H2,1-5H3,(H,35,41)/t15-,20-,21-,23?,24-,28+,33-/m0/s1. The van der Waals surface area contributed by atoms with E-state index in [1.54, 1.807) is 19.1 Å². The fraction of sp³-hybridized carbons (Fsp3) is 0.515. The summed E-state index contributed by atoms with van der Waals surface area (Å²) in [5, 5.41) is 36.6. The van der Waals surface area contributed by atoms with Gasteiger partial charge in [-0.2, -0.15) is 0 Å². The number of nitrogens with two attached hydrogens (primary N) is 1. The molecule has 0 saturated carbocycles. The van der Waals surface area contributed by atoms with Crippen molar-refractivity contribution in [1.82, 2.24) is 5.32 Å². The number of phenolic OH excluding ortho intramolecular Hbond substituents is 1. The number of benzene rings is 2. The fourth-order valence-corrected chi connectivity index (χ4v) is 6.60. The predicted molar refractivity (Wildman–Crippen MR) is 160 cm³/mol. The van der Waals surface area contributed by atoms with Crippen LogP contribution in [-0.2, 0) is 25.5 Å². The molecule has 242 valence electrons. The smallest absolute Gasteiger partial charge is 0.237 e. The monoisotopic (exact) mass is 624 g/mol. The van der Waals surface area contributed by atoms with E-state index in [2.05, 4.69) is 5.32 Å². The van der Waals surface area contributed by atoms with Crippen molar-refractivity contribution in [3.8, 4) is 11.5 Å². The van der Waals surface area contributed by atoms with E-state index in [9.17, 15) is 34.5 Å². The lowest BCUT2D eigenvalue weighted by molar-refractivity contribution is -0.249. The molecule has 1 fully saturated rings. The second-order valence-corrected chi connectivity index (χ2v) is 12.7. The SMILES string of the molecule is COc1cccc2c1C(=O)c1c(cc3c(c1O)C(O[C@H]1C[C@H](NC(=O)[C@@H](N)CC(C)C)[C@H](O)[C@H](C)O1)C[C@](O)(C(C)=O)C3)C2=O. The maximum Gasteiger partial charge on any atom is 0.237 e. The van der Waals surface area contributed by atoms with Crippen molar-refractivity contribution in [2.24, 2.45) is 11.7 Å². The molecule has 2 aromatic rings. The van der Waals surface area contributed by atoms with Crippen LogP contribution in [-0.4, -0.2) is 81.9 Å². The van der Waals surface area contributed by atoms with Gasteiger partial charge in [0.1, 0.15) is 23.2 Å². The van der Waals surface area contributed by atoms with Gasteiger partial charge in [0.25, 0.3) is 0 Å². The van der Waals surface area contributed by atoms with Crippen LogP contribution in [0, 0.1) is 5.92 Å². The molecule has 0 radical (unpaired) electrons. The van der Waals surface area contributed by atoms with Crippen molar-refractivity contribution < 1.29 is 48.7 Å². The van der Waals surface area contributed by atoms with E-state index in [1.807, 2.05) is 13.8 Å². The van der Waals surface area contributed by atoms with Gasteiger partial charge in [-0.15, -0.1) is 0 Å². The molecular formula is C33H40N2O10. The normalized spacial score (nSPS) is 28.2. The fourth-order valence-electron chi connectivity index (χ4n) is 6.60. The highest BCUT2D eigenvalue weighted by atomic mass is 16.7. The Morgan fingerprint density at radius 3 is 2.53 bits per heavy atom. The average molecular weight is 625 g/mol. The summed E-state index contributed by atoms with van der Waals surface area (Å²) in [7, 11) is 1.37. The van der Waals surface area contributed by atoms with Crippen LogP contribution in [0.4, 0.5) is 0 Å². The Labute approximate surface area is 260 Å². The number of rotatable bonds is 8. The number of methoxy groups -OCH3 is 1. The number of aliphatic hydroxyl groups is 2. The topological polar surface area (TPSA) is 195 Å². The number of carbonyl (C=O) groups is 4. The lowest BCUT2D eigenvalue weighted by Crippen LogP contribution is -2.58. The number of carbonyl (C=O) groups excluding carboxylic acids is 4. The third kappa shape index (κ3) is 5.88. The maximum atomic E-state index is 13.8. The van der Waals surface area contributed by atoms with Crippen molar-refractivity contribution in [1.29, 1.82) is 0 Å². The molecule has 2 aromatic carbocycles. The minimum atomic E-state index is -1.90. The maximum absolute atomic E-state index is 13.8. The summed E-state index contributed by atoms with van der Waals surface area (Å²) in [6.07, 6.45) is -4.15. The first kappa shape index (κ1) is 32.7. The zero-order chi connectivity index (χ0) is 33.0. The predicted octanol–water partition coefficient (Wildman–Crippen LogP) is 1.85. The van der Waals surface area contributed by atoms with Gasteiger partial charge in [-0.25, -0.2) is 0 Å². The molecular weight excluding hydrogens is 584 g/mol. The molecule has 1 heterocycles. The van der Waals surface area contributed by atoms with Crippen LogP contribution < -0.4 is 15.8 Å². The number of aromatic hydroxyl groups is 1. The minimum Gasteiger partial charge on any atom is -0.507 e. The minimum absolute atomic E-state index is 0.0102. The number of ether oxygens (including phenoxy) is 3. The highest BCUT2D eigenvalue weighted by molar-refractivity contribution is 6.30. The van der Waals surface area contributed by atoms with Crippen LogP contribution >= 0.6 is 0 Å². The Morgan fingerprint density at radius 1 is 1.18 bits per heavy atom. The molecule has 2 aliphatic carbocycles. The zero-order valence-electron chi connectivity index (χ0n) is 26.0. The van der Waals surface area contributed by atoms with Gasteiger partial charge in [-0.1, -0.05) is 26.0 Å². The summed E-state index contributed by atoms with van der Waals surface area (Å²) < 4.78 is 17.5. The Balaban J connectivity index is 1.51. The van der Waals surface area contributed by atoms with Crippen LogP contribution in [0.1, 0.15) is 96.0 Å². The Morgan fingerprint density at radius 2 is 1.89 bits per heavy atom. The zero-order valence-corrected chi connectivity index (χ0v) is 26.0. The summed E-state index contributed by atoms with van der Waals surface area (Å²) in [6.45, 7) is 6.73. The highest BCUT2D eigenvalue weighted by Crippen LogP contribution is 2.48. The third-order valence-electron chi connectivity index (χ3n) is 9.01. The largest absolute Gasteiger partial charge is 0.507 e. The van der Waals surface area contributed by atoms with Gasteiger partial charge in [0.2, 0.25) is 11.7 Å². The molecule has 7 atom stereocenters. The quantitative estimate of drug-likeness (QED) is 0.245. The molecule has 0 aromatic heterocycles. The number of hydrogen-bond acceptors (Lipinski definition) is 11. The van der Waals surface area contributed by atoms with Gasteiger partial charge in [0, 0.05) is 36.0 Å². The molecule has 0 bridgehead atoms. The Bertz CT molecular complexity index is 1550. The highest BCUT2D eigenvalue weighted by Gasteiger charge is 2.48. The molecule has 1 aliphatic heterocycles. The molecule has 0 spiro atoms. The van der Waals surface area contributed by atoms with E-state index in [1.165, 1.54) is 26.2 Å². The van der Waals surface area contributed by atoms with Crippen LogP contribution in [0.5, 0.6) is 11.5 Å². The number of ketones is 3. The number of fused-ring (bicyclic) bond motifs is 3. The van der Waals surface area contributed by atoms with Gasteiger partial charge in [0.05, 0.1) is 42.5 Å². The van der Waals surface area contributed by atoms with Gasteiger partial charge in [0.15, 0.2) is 17.9 Å². The molecule has 12 heteroatoms. The molecule has 5 rings (SSSR count). The Kier molecular flexibility index (Phi) is 8.91. The number of Topliss-reactive ketones (excluding diaryl/α,β-unsaturated/α-hetero) is 1. The van der Waals surface area contributed by atoms with Gasteiger partial charge in [-0.3, -0.25) is 19.2 Å². The summed E-state index contributed by atoms with van der Waals surface area (Å²) >= 11 is 0. The lowest BCUT2D eigenvalue weighted by atomic mass is 9.72. The van der Waals surface area contributed by atoms with Crippen molar-refractivity contribution in [2.45, 2.75) is 95.7 Å². The van der Waals surface area contributed by atoms with Crippen molar-refractivity contribution in [3.63, 3.8) is 0 Å². The lowest BCUT2D eigenvalue weighted by Gasteiger charge is -2.42. The summed E-state index contributed by atoms with van der Waals surface area (Å²) in [6, 6.07) is 4.47. The van der Waals surface area contributed by atoms with Crippen LogP contribution in [0.3, 0.4) is 0 Å². The van der Waals surface area contributed by atoms with E-state index in [0.29, 0.717) is 6.42 Å². The van der Waals surface area contributed by atoms with E-state index >= 15 is 0 Å². The average Bonchev–Trinajstić information content (AvgIpc) is 2.97. The molecule has 12 nitrogen and oxygen atoms in total. The number of amides is 1. The summed E-state index contributed by atoms with van der Waals surface area (Å²) in [5.41, 5.74) is 4.40. The second-order valence-electron chi connectivity index (χ2n) is 12.7. The first-order chi connectivity index (χ1) is 21.2. The van der Waals surface area contributed by atoms with E-state index in [4.69, 9.17) is 19.9 Å². The summed E-state index contributed by atoms with van der Waals surface area (Å²) in [5.74, 6) is -2.25. The van der Waals surface area contributed by atoms with Crippen LogP contribution in [0.2, 0.25) is 0 Å². The molecule has 3 aliphatic rings. The van der Waals surface area contributed by atoms with Gasteiger partial charge < -0.3 is 40.6 Å². The van der Waals surface area contributed by atoms with E-state index < -0.39 is 71.3 Å². The van der Waals surface area contributed by atoms with E-state index in [0.717, 1.165) is 0 Å². The number of aliphatic hydroxyl groups excluding tert-OH is 1. The van der Waals surface area contributed by atoms with Gasteiger partial charge >= 0.3 is 0 Å². The van der Waals surface area contributed by atoms with Crippen molar-refractivity contribution >= 4 is 23.3 Å². The van der Waals surface area contributed by atoms with Gasteiger partial charge in [-0.05, 0) is 43.9 Å². The summed E-state index contributed by atoms with van der Waals surface area (Å²) in [4.78, 5) is 52.8. The van der Waals surface area contributed by atoms with E-state index in [-0.39, 0.29) is 64.3 Å².